The summed E-state index contributed by atoms with van der Waals surface area (Å²) in [4.78, 5) is 31.8. The number of rotatable bonds is 16. The molecule has 0 aromatic heterocycles. The number of allylic oxidation sites excluding steroid dienone is 2. The first-order valence-electron chi connectivity index (χ1n) is 13.9. The molecule has 1 aliphatic rings. The fourth-order valence-electron chi connectivity index (χ4n) is 4.87. The highest BCUT2D eigenvalue weighted by atomic mass is 35.5. The fraction of sp³-hybridized carbons (Fsp3) is 0.567. The maximum Gasteiger partial charge on any atom is 0.220 e. The second-order valence-electron chi connectivity index (χ2n) is 10.3. The van der Waals surface area contributed by atoms with Crippen molar-refractivity contribution in [2.75, 3.05) is 19.6 Å². The zero-order valence-corrected chi connectivity index (χ0v) is 25.7. The molecule has 1 heterocycles. The zero-order valence-electron chi connectivity index (χ0n) is 23.3. The van der Waals surface area contributed by atoms with Gasteiger partial charge in [0.25, 0.3) is 0 Å². The van der Waals surface area contributed by atoms with E-state index in [1.165, 1.54) is 0 Å². The molecule has 216 valence electrons. The molecule has 3 atom stereocenters. The van der Waals surface area contributed by atoms with Crippen LogP contribution in [0.1, 0.15) is 70.8 Å². The highest BCUT2D eigenvalue weighted by Gasteiger charge is 2.23. The van der Waals surface area contributed by atoms with Crippen molar-refractivity contribution in [1.82, 2.24) is 10.2 Å². The van der Waals surface area contributed by atoms with Crippen molar-refractivity contribution in [3.05, 3.63) is 57.7 Å². The van der Waals surface area contributed by atoms with Crippen molar-refractivity contribution in [2.24, 2.45) is 22.6 Å². The minimum Gasteiger partial charge on any atom is -0.401 e. The summed E-state index contributed by atoms with van der Waals surface area (Å²) in [6.45, 7) is 11.6. The van der Waals surface area contributed by atoms with Crippen LogP contribution in [0.4, 0.5) is 0 Å². The number of hydrogen-bond donors (Lipinski definition) is 3. The molecule has 1 fully saturated rings. The van der Waals surface area contributed by atoms with Crippen molar-refractivity contribution in [3.8, 4) is 0 Å². The van der Waals surface area contributed by atoms with Gasteiger partial charge in [-0.2, -0.15) is 12.6 Å². The van der Waals surface area contributed by atoms with Crippen LogP contribution in [-0.2, 0) is 16.1 Å². The smallest absolute Gasteiger partial charge is 0.220 e. The normalized spacial score (nSPS) is 18.2. The lowest BCUT2D eigenvalue weighted by atomic mass is 9.87. The third kappa shape index (κ3) is 12.1. The van der Waals surface area contributed by atoms with E-state index in [2.05, 4.69) is 41.3 Å². The van der Waals surface area contributed by atoms with Crippen molar-refractivity contribution < 1.29 is 9.59 Å². The summed E-state index contributed by atoms with van der Waals surface area (Å²) in [6.07, 6.45) is 9.20. The number of amides is 1. The number of aliphatic imine (C=N–C) groups is 1. The molecule has 0 bridgehead atoms. The molecular formula is C30H44Cl2N4O2S. The van der Waals surface area contributed by atoms with Crippen LogP contribution in [0.2, 0.25) is 10.0 Å². The van der Waals surface area contributed by atoms with Gasteiger partial charge in [-0.25, -0.2) is 0 Å². The number of piperidine rings is 1. The first-order chi connectivity index (χ1) is 18.6. The number of nitrogens with zero attached hydrogens (tertiary/aromatic N) is 2. The van der Waals surface area contributed by atoms with Crippen molar-refractivity contribution in [3.63, 3.8) is 0 Å². The number of hydrogen-bond acceptors (Lipinski definition) is 6. The van der Waals surface area contributed by atoms with E-state index in [1.807, 2.05) is 25.1 Å². The van der Waals surface area contributed by atoms with Crippen LogP contribution in [-0.4, -0.2) is 47.8 Å². The molecule has 1 aromatic rings. The lowest BCUT2D eigenvalue weighted by Crippen LogP contribution is -2.40. The highest BCUT2D eigenvalue weighted by Crippen LogP contribution is 2.25. The highest BCUT2D eigenvalue weighted by molar-refractivity contribution is 7.80. The fourth-order valence-corrected chi connectivity index (χ4v) is 5.40. The molecule has 1 aliphatic heterocycles. The standard InChI is InChI=1S/C30H44Cl2N4O2S/c1-4-7-21(3)30(27(37)8-5-2)26(33)14-15-34-29(39)13-12-28(38)35-18-23-9-6-16-36(20-23)19-22-10-11-24(31)25(32)17-22/h10-11,14-15,17,23,29-30,39H,3-9,12-13,16,18-20,33H2,1-2H3,(H,35,38)/b26-14-,34-15-. The van der Waals surface area contributed by atoms with Crippen LogP contribution < -0.4 is 11.1 Å². The minimum absolute atomic E-state index is 0.00186. The van der Waals surface area contributed by atoms with Gasteiger partial charge in [0.2, 0.25) is 5.91 Å². The Morgan fingerprint density at radius 3 is 2.67 bits per heavy atom. The number of nitrogens with one attached hydrogen (secondary N) is 1. The second-order valence-corrected chi connectivity index (χ2v) is 11.7. The van der Waals surface area contributed by atoms with Gasteiger partial charge in [-0.1, -0.05) is 61.7 Å². The van der Waals surface area contributed by atoms with E-state index in [0.29, 0.717) is 47.5 Å². The van der Waals surface area contributed by atoms with Gasteiger partial charge in [0.05, 0.1) is 21.3 Å². The summed E-state index contributed by atoms with van der Waals surface area (Å²) in [5.74, 6) is 0.0316. The Balaban J connectivity index is 1.76. The lowest BCUT2D eigenvalue weighted by Gasteiger charge is -2.33. The molecule has 1 saturated heterocycles. The molecule has 3 N–H and O–H groups in total. The van der Waals surface area contributed by atoms with Crippen LogP contribution in [0.15, 0.2) is 47.1 Å². The first kappa shape index (κ1) is 33.4. The quantitative estimate of drug-likeness (QED) is 0.114. The number of ketones is 1. The van der Waals surface area contributed by atoms with Gasteiger partial charge in [0, 0.05) is 44.4 Å². The molecule has 39 heavy (non-hydrogen) atoms. The van der Waals surface area contributed by atoms with Gasteiger partial charge >= 0.3 is 0 Å². The third-order valence-corrected chi connectivity index (χ3v) is 8.00. The number of thiol groups is 1. The summed E-state index contributed by atoms with van der Waals surface area (Å²) in [5, 5.41) is 3.88. The van der Waals surface area contributed by atoms with Gasteiger partial charge in [-0.3, -0.25) is 19.5 Å². The van der Waals surface area contributed by atoms with Crippen LogP contribution in [0.3, 0.4) is 0 Å². The number of nitrogens with two attached hydrogens (primary N) is 1. The van der Waals surface area contributed by atoms with Gasteiger partial charge in [0.15, 0.2) is 0 Å². The number of carbonyl (C=O) groups is 2. The molecule has 1 amide bonds. The van der Waals surface area contributed by atoms with Crippen LogP contribution in [0.5, 0.6) is 0 Å². The molecule has 0 saturated carbocycles. The van der Waals surface area contributed by atoms with Crippen molar-refractivity contribution in [1.29, 1.82) is 0 Å². The maximum atomic E-state index is 12.6. The minimum atomic E-state index is -0.472. The molecule has 1 aromatic carbocycles. The summed E-state index contributed by atoms with van der Waals surface area (Å²) in [7, 11) is 0. The monoisotopic (exact) mass is 594 g/mol. The molecule has 0 radical (unpaired) electrons. The second kappa shape index (κ2) is 17.8. The number of likely N-dealkylation sites (tertiary alicyclic amines) is 1. The number of halogens is 2. The Labute approximate surface area is 249 Å². The summed E-state index contributed by atoms with van der Waals surface area (Å²) in [6, 6.07) is 5.76. The lowest BCUT2D eigenvalue weighted by molar-refractivity contribution is -0.122. The van der Waals surface area contributed by atoms with E-state index >= 15 is 0 Å². The van der Waals surface area contributed by atoms with E-state index in [4.69, 9.17) is 28.9 Å². The predicted octanol–water partition coefficient (Wildman–Crippen LogP) is 6.61. The van der Waals surface area contributed by atoms with Crippen LogP contribution in [0.25, 0.3) is 0 Å². The maximum absolute atomic E-state index is 12.6. The summed E-state index contributed by atoms with van der Waals surface area (Å²) >= 11 is 16.7. The molecule has 0 spiro atoms. The predicted molar refractivity (Wildman–Crippen MR) is 168 cm³/mol. The Morgan fingerprint density at radius 1 is 1.23 bits per heavy atom. The Kier molecular flexibility index (Phi) is 15.2. The van der Waals surface area contributed by atoms with E-state index in [1.54, 1.807) is 12.3 Å². The topological polar surface area (TPSA) is 87.8 Å². The van der Waals surface area contributed by atoms with Gasteiger partial charge in [-0.15, -0.1) is 0 Å². The van der Waals surface area contributed by atoms with E-state index in [-0.39, 0.29) is 17.1 Å². The third-order valence-electron chi connectivity index (χ3n) is 6.87. The van der Waals surface area contributed by atoms with Crippen molar-refractivity contribution in [2.45, 2.75) is 77.1 Å². The van der Waals surface area contributed by atoms with Gasteiger partial charge < -0.3 is 11.1 Å². The summed E-state index contributed by atoms with van der Waals surface area (Å²) < 4.78 is 0. The Hall–Kier alpha value is -1.80. The molecular weight excluding hydrogens is 551 g/mol. The Bertz CT molecular complexity index is 1010. The number of benzene rings is 1. The van der Waals surface area contributed by atoms with E-state index < -0.39 is 5.92 Å². The number of carbonyl (C=O) groups excluding carboxylic acids is 2. The molecule has 9 heteroatoms. The molecule has 0 aliphatic carbocycles. The molecule has 6 nitrogen and oxygen atoms in total. The van der Waals surface area contributed by atoms with Crippen LogP contribution >= 0.6 is 35.8 Å². The number of Topliss-reactive ketones (excluding diaryl/α,β-unsaturated/α-hetero) is 1. The van der Waals surface area contributed by atoms with Gasteiger partial charge in [-0.05, 0) is 68.3 Å². The average molecular weight is 596 g/mol. The molecule has 3 unspecified atom stereocenters. The molecule has 2 rings (SSSR count). The average Bonchev–Trinajstić information content (AvgIpc) is 2.89. The van der Waals surface area contributed by atoms with Crippen LogP contribution in [0, 0.1) is 11.8 Å². The van der Waals surface area contributed by atoms with E-state index in [0.717, 1.165) is 62.9 Å². The van der Waals surface area contributed by atoms with Gasteiger partial charge in [0.1, 0.15) is 5.78 Å². The first-order valence-corrected chi connectivity index (χ1v) is 15.2. The zero-order chi connectivity index (χ0) is 28.8. The van der Waals surface area contributed by atoms with E-state index in [9.17, 15) is 9.59 Å². The van der Waals surface area contributed by atoms with Crippen molar-refractivity contribution >= 4 is 53.7 Å². The summed E-state index contributed by atoms with van der Waals surface area (Å²) in [5.41, 5.74) is 8.68. The Morgan fingerprint density at radius 2 is 1.97 bits per heavy atom. The SMILES string of the molecule is C=C(CCC)C(C(=O)CCC)/C(N)=C/C=N\C(S)CCC(=O)NCC1CCCN(Cc2ccc(Cl)c(Cl)c2)C1. The largest absolute Gasteiger partial charge is 0.401 e.